The number of esters is 1. The van der Waals surface area contributed by atoms with Crippen LogP contribution >= 0.6 is 11.8 Å². The number of carbonyl (C=O) groups excluding carboxylic acids is 1. The monoisotopic (exact) mass is 356 g/mol. The molecule has 2 rings (SSSR count). The van der Waals surface area contributed by atoms with Crippen molar-refractivity contribution in [2.45, 2.75) is 54.5 Å². The van der Waals surface area contributed by atoms with E-state index in [0.717, 1.165) is 17.7 Å². The summed E-state index contributed by atoms with van der Waals surface area (Å²) in [7, 11) is 1.23. The number of hydrogen-bond acceptors (Lipinski definition) is 7. The zero-order chi connectivity index (χ0) is 17.5. The lowest BCUT2D eigenvalue weighted by atomic mass is 9.99. The molecule has 0 aliphatic carbocycles. The van der Waals surface area contributed by atoms with Crippen LogP contribution in [-0.4, -0.2) is 59.8 Å². The number of rotatable bonds is 7. The van der Waals surface area contributed by atoms with Crippen molar-refractivity contribution in [1.29, 1.82) is 0 Å². The molecule has 24 heavy (non-hydrogen) atoms. The number of carbonyl (C=O) groups is 1. The first-order valence-corrected chi connectivity index (χ1v) is 8.89. The molecule has 0 spiro atoms. The second kappa shape index (κ2) is 9.39. The van der Waals surface area contributed by atoms with Crippen LogP contribution in [0.5, 0.6) is 0 Å². The lowest BCUT2D eigenvalue weighted by Crippen LogP contribution is -2.60. The first-order chi connectivity index (χ1) is 11.6. The number of aliphatic hydroxyl groups excluding tert-OH is 2. The highest BCUT2D eigenvalue weighted by Crippen LogP contribution is 2.34. The van der Waals surface area contributed by atoms with Gasteiger partial charge in [0.15, 0.2) is 6.10 Å². The third-order valence-corrected chi connectivity index (χ3v) is 4.95. The second-order valence-electron chi connectivity index (χ2n) is 5.55. The Hall–Kier alpha value is -1.12. The Balaban J connectivity index is 2.14. The summed E-state index contributed by atoms with van der Waals surface area (Å²) >= 11 is 1.28. The van der Waals surface area contributed by atoms with E-state index in [1.165, 1.54) is 18.9 Å². The Labute approximate surface area is 146 Å². The lowest BCUT2D eigenvalue weighted by Gasteiger charge is -2.41. The molecule has 0 radical (unpaired) electrons. The Morgan fingerprint density at radius 2 is 1.96 bits per heavy atom. The highest BCUT2D eigenvalue weighted by atomic mass is 32.2. The molecule has 1 aromatic rings. The van der Waals surface area contributed by atoms with Crippen molar-refractivity contribution in [2.24, 2.45) is 0 Å². The number of hydrogen-bond donors (Lipinski definition) is 2. The van der Waals surface area contributed by atoms with Crippen molar-refractivity contribution >= 4 is 17.7 Å². The van der Waals surface area contributed by atoms with Crippen LogP contribution in [0.4, 0.5) is 0 Å². The molecule has 3 unspecified atom stereocenters. The highest BCUT2D eigenvalue weighted by Gasteiger charge is 2.48. The largest absolute Gasteiger partial charge is 0.467 e. The molecule has 1 fully saturated rings. The Morgan fingerprint density at radius 3 is 2.58 bits per heavy atom. The van der Waals surface area contributed by atoms with Crippen LogP contribution in [0.2, 0.25) is 0 Å². The summed E-state index contributed by atoms with van der Waals surface area (Å²) in [5.74, 6) is -0.683. The number of ether oxygens (including phenoxy) is 3. The molecule has 5 atom stereocenters. The van der Waals surface area contributed by atoms with Gasteiger partial charge in [-0.15, -0.1) is 0 Å². The second-order valence-corrected chi connectivity index (χ2v) is 6.72. The predicted octanol–water partition coefficient (Wildman–Crippen LogP) is 1.58. The van der Waals surface area contributed by atoms with E-state index in [2.05, 4.69) is 0 Å². The number of thioether (sulfide) groups is 1. The first kappa shape index (κ1) is 19.2. The molecule has 1 aromatic carbocycles. The van der Waals surface area contributed by atoms with Gasteiger partial charge in [0.05, 0.1) is 7.11 Å². The maximum atomic E-state index is 11.9. The fourth-order valence-electron chi connectivity index (χ4n) is 2.44. The topological polar surface area (TPSA) is 85.2 Å². The molecule has 7 heteroatoms. The molecule has 2 N–H and O–H groups in total. The molecule has 0 amide bonds. The van der Waals surface area contributed by atoms with E-state index >= 15 is 0 Å². The van der Waals surface area contributed by atoms with Crippen molar-refractivity contribution in [3.05, 3.63) is 30.3 Å². The fourth-order valence-corrected chi connectivity index (χ4v) is 3.49. The minimum Gasteiger partial charge on any atom is -0.467 e. The smallest absolute Gasteiger partial charge is 0.337 e. The normalized spacial score (nSPS) is 30.1. The van der Waals surface area contributed by atoms with Crippen molar-refractivity contribution in [1.82, 2.24) is 0 Å². The standard InChI is InChI=1S/C17H24O6S/c1-3-4-10-22-14-12(18)15(16(20)21-2)23-17(13(14)19)24-11-8-6-5-7-9-11/h5-9,12-15,17-19H,3-4,10H2,1-2H3/t12-,13?,14?,15?,17-/m0/s1. The summed E-state index contributed by atoms with van der Waals surface area (Å²) in [6.45, 7) is 2.41. The summed E-state index contributed by atoms with van der Waals surface area (Å²) in [5, 5.41) is 20.9. The third-order valence-electron chi connectivity index (χ3n) is 3.78. The molecule has 1 saturated heterocycles. The highest BCUT2D eigenvalue weighted by molar-refractivity contribution is 7.99. The van der Waals surface area contributed by atoms with E-state index in [9.17, 15) is 15.0 Å². The van der Waals surface area contributed by atoms with E-state index in [-0.39, 0.29) is 0 Å². The van der Waals surface area contributed by atoms with Gasteiger partial charge in [0.2, 0.25) is 0 Å². The number of benzene rings is 1. The maximum Gasteiger partial charge on any atom is 0.337 e. The van der Waals surface area contributed by atoms with Gasteiger partial charge in [0.1, 0.15) is 23.7 Å². The molecule has 0 saturated carbocycles. The SMILES string of the molecule is CCCCOC1C(O)[C@H](Sc2ccccc2)OC(C(=O)OC)[C@H]1O. The van der Waals surface area contributed by atoms with E-state index in [4.69, 9.17) is 14.2 Å². The lowest BCUT2D eigenvalue weighted by molar-refractivity contribution is -0.222. The predicted molar refractivity (Wildman–Crippen MR) is 89.6 cm³/mol. The van der Waals surface area contributed by atoms with Gasteiger partial charge < -0.3 is 24.4 Å². The van der Waals surface area contributed by atoms with Crippen LogP contribution in [0, 0.1) is 0 Å². The fraction of sp³-hybridized carbons (Fsp3) is 0.588. The van der Waals surface area contributed by atoms with Crippen LogP contribution < -0.4 is 0 Å². The first-order valence-electron chi connectivity index (χ1n) is 8.01. The van der Waals surface area contributed by atoms with Gasteiger partial charge >= 0.3 is 5.97 Å². The van der Waals surface area contributed by atoms with E-state index in [0.29, 0.717) is 6.61 Å². The van der Waals surface area contributed by atoms with Crippen LogP contribution in [0.3, 0.4) is 0 Å². The van der Waals surface area contributed by atoms with Crippen molar-refractivity contribution in [2.75, 3.05) is 13.7 Å². The van der Waals surface area contributed by atoms with Crippen molar-refractivity contribution < 1.29 is 29.2 Å². The van der Waals surface area contributed by atoms with E-state index < -0.39 is 35.8 Å². The van der Waals surface area contributed by atoms with Crippen LogP contribution in [0.1, 0.15) is 19.8 Å². The zero-order valence-electron chi connectivity index (χ0n) is 13.8. The van der Waals surface area contributed by atoms with Crippen molar-refractivity contribution in [3.8, 4) is 0 Å². The number of unbranched alkanes of at least 4 members (excludes halogenated alkanes) is 1. The van der Waals surface area contributed by atoms with Crippen LogP contribution in [0.25, 0.3) is 0 Å². The van der Waals surface area contributed by atoms with Gasteiger partial charge in [-0.1, -0.05) is 43.3 Å². The zero-order valence-corrected chi connectivity index (χ0v) is 14.6. The van der Waals surface area contributed by atoms with Gasteiger partial charge in [-0.3, -0.25) is 0 Å². The molecule has 6 nitrogen and oxygen atoms in total. The summed E-state index contributed by atoms with van der Waals surface area (Å²) in [5.41, 5.74) is -0.744. The molecular weight excluding hydrogens is 332 g/mol. The third kappa shape index (κ3) is 4.70. The molecule has 134 valence electrons. The number of methoxy groups -OCH3 is 1. The van der Waals surface area contributed by atoms with Crippen LogP contribution in [0.15, 0.2) is 35.2 Å². The Kier molecular flexibility index (Phi) is 7.51. The van der Waals surface area contributed by atoms with Gasteiger partial charge in [0, 0.05) is 11.5 Å². The Bertz CT molecular complexity index is 511. The Morgan fingerprint density at radius 1 is 1.25 bits per heavy atom. The molecule has 1 aliphatic heterocycles. The average Bonchev–Trinajstić information content (AvgIpc) is 2.60. The minimum absolute atomic E-state index is 0.395. The summed E-state index contributed by atoms with van der Waals surface area (Å²) < 4.78 is 15.9. The quantitative estimate of drug-likeness (QED) is 0.567. The molecule has 0 bridgehead atoms. The minimum atomic E-state index is -1.28. The summed E-state index contributed by atoms with van der Waals surface area (Å²) in [4.78, 5) is 12.8. The van der Waals surface area contributed by atoms with E-state index in [1.807, 2.05) is 37.3 Å². The van der Waals surface area contributed by atoms with Gasteiger partial charge in [-0.05, 0) is 18.6 Å². The van der Waals surface area contributed by atoms with E-state index in [1.54, 1.807) is 0 Å². The average molecular weight is 356 g/mol. The molecule has 0 aromatic heterocycles. The molecule has 1 aliphatic rings. The van der Waals surface area contributed by atoms with Gasteiger partial charge in [0.25, 0.3) is 0 Å². The molecule has 1 heterocycles. The van der Waals surface area contributed by atoms with Crippen molar-refractivity contribution in [3.63, 3.8) is 0 Å². The number of aliphatic hydroxyl groups is 2. The summed E-state index contributed by atoms with van der Waals surface area (Å²) in [6, 6.07) is 9.40. The maximum absolute atomic E-state index is 11.9. The molecular formula is C17H24O6S. The van der Waals surface area contributed by atoms with Crippen LogP contribution in [-0.2, 0) is 19.0 Å². The van der Waals surface area contributed by atoms with Gasteiger partial charge in [-0.25, -0.2) is 4.79 Å². The summed E-state index contributed by atoms with van der Waals surface area (Å²) in [6.07, 6.45) is -2.71. The van der Waals surface area contributed by atoms with Gasteiger partial charge in [-0.2, -0.15) is 0 Å².